The molecular formula is C29H36N6O3. The van der Waals surface area contributed by atoms with Gasteiger partial charge in [0.05, 0.1) is 43.2 Å². The SMILES string of the molecule is CCOc1cc(C2C3CN(C(C)C)CC=C3C(C#N)=C(N)C2(C#N)C#N)ccc1OCCN1CCOCC1. The number of hydrogen-bond acceptors (Lipinski definition) is 9. The van der Waals surface area contributed by atoms with E-state index in [1.165, 1.54) is 0 Å². The van der Waals surface area contributed by atoms with Crippen molar-refractivity contribution in [3.05, 3.63) is 46.7 Å². The number of benzene rings is 1. The summed E-state index contributed by atoms with van der Waals surface area (Å²) in [4.78, 5) is 4.58. The molecule has 1 aliphatic carbocycles. The molecule has 3 aliphatic rings. The zero-order valence-electron chi connectivity index (χ0n) is 22.4. The van der Waals surface area contributed by atoms with Gasteiger partial charge >= 0.3 is 0 Å². The third-order valence-corrected chi connectivity index (χ3v) is 7.82. The molecule has 1 aromatic rings. The summed E-state index contributed by atoms with van der Waals surface area (Å²) in [6.07, 6.45) is 2.03. The first kappa shape index (κ1) is 27.5. The summed E-state index contributed by atoms with van der Waals surface area (Å²) in [5.74, 6) is 0.343. The first-order valence-electron chi connectivity index (χ1n) is 13.3. The average molecular weight is 517 g/mol. The number of fused-ring (bicyclic) bond motifs is 1. The van der Waals surface area contributed by atoms with Gasteiger partial charge < -0.3 is 19.9 Å². The van der Waals surface area contributed by atoms with Crippen molar-refractivity contribution in [2.24, 2.45) is 17.1 Å². The Kier molecular flexibility index (Phi) is 8.59. The van der Waals surface area contributed by atoms with Crippen LogP contribution in [0.1, 0.15) is 32.3 Å². The van der Waals surface area contributed by atoms with Gasteiger partial charge in [-0.25, -0.2) is 0 Å². The molecule has 2 unspecified atom stereocenters. The molecule has 38 heavy (non-hydrogen) atoms. The molecule has 2 atom stereocenters. The summed E-state index contributed by atoms with van der Waals surface area (Å²) in [7, 11) is 0. The van der Waals surface area contributed by atoms with E-state index in [0.29, 0.717) is 37.8 Å². The summed E-state index contributed by atoms with van der Waals surface area (Å²) in [6.45, 7) is 12.4. The van der Waals surface area contributed by atoms with Crippen LogP contribution in [0.4, 0.5) is 0 Å². The Labute approximate surface area is 225 Å². The molecule has 0 saturated carbocycles. The number of hydrogen-bond donors (Lipinski definition) is 1. The van der Waals surface area contributed by atoms with E-state index in [1.54, 1.807) is 0 Å². The summed E-state index contributed by atoms with van der Waals surface area (Å²) < 4.78 is 17.5. The zero-order chi connectivity index (χ0) is 27.3. The Bertz CT molecular complexity index is 1200. The molecule has 200 valence electrons. The maximum Gasteiger partial charge on any atom is 0.191 e. The van der Waals surface area contributed by atoms with E-state index in [2.05, 4.69) is 41.9 Å². The average Bonchev–Trinajstić information content (AvgIpc) is 2.94. The van der Waals surface area contributed by atoms with Crippen molar-refractivity contribution in [3.8, 4) is 29.7 Å². The molecule has 0 aromatic heterocycles. The largest absolute Gasteiger partial charge is 0.490 e. The Morgan fingerprint density at radius 2 is 1.87 bits per heavy atom. The van der Waals surface area contributed by atoms with Crippen LogP contribution in [0.5, 0.6) is 11.5 Å². The molecule has 0 bridgehead atoms. The molecule has 0 radical (unpaired) electrons. The van der Waals surface area contributed by atoms with Gasteiger partial charge in [-0.1, -0.05) is 12.1 Å². The molecule has 1 fully saturated rings. The van der Waals surface area contributed by atoms with Crippen molar-refractivity contribution in [1.82, 2.24) is 9.80 Å². The number of morpholine rings is 1. The van der Waals surface area contributed by atoms with Gasteiger partial charge in [-0.2, -0.15) is 15.8 Å². The van der Waals surface area contributed by atoms with Gasteiger partial charge in [0, 0.05) is 50.6 Å². The van der Waals surface area contributed by atoms with E-state index >= 15 is 0 Å². The van der Waals surface area contributed by atoms with E-state index in [1.807, 2.05) is 31.2 Å². The highest BCUT2D eigenvalue weighted by atomic mass is 16.5. The highest BCUT2D eigenvalue weighted by Gasteiger charge is 2.54. The predicted molar refractivity (Wildman–Crippen MR) is 142 cm³/mol. The van der Waals surface area contributed by atoms with Crippen molar-refractivity contribution >= 4 is 0 Å². The molecule has 4 rings (SSSR count). The van der Waals surface area contributed by atoms with Crippen LogP contribution < -0.4 is 15.2 Å². The fourth-order valence-corrected chi connectivity index (χ4v) is 5.72. The molecular weight excluding hydrogens is 480 g/mol. The minimum atomic E-state index is -1.69. The Balaban J connectivity index is 1.73. The van der Waals surface area contributed by atoms with Crippen molar-refractivity contribution in [2.45, 2.75) is 32.7 Å². The van der Waals surface area contributed by atoms with Gasteiger partial charge in [0.25, 0.3) is 0 Å². The normalized spacial score (nSPS) is 23.6. The fourth-order valence-electron chi connectivity index (χ4n) is 5.72. The Morgan fingerprint density at radius 1 is 1.13 bits per heavy atom. The van der Waals surface area contributed by atoms with Crippen LogP contribution in [-0.4, -0.2) is 75.0 Å². The molecule has 0 amide bonds. The second-order valence-corrected chi connectivity index (χ2v) is 10.2. The molecule has 2 aliphatic heterocycles. The minimum Gasteiger partial charge on any atom is -0.490 e. The first-order chi connectivity index (χ1) is 18.4. The Hall–Kier alpha value is -3.55. The van der Waals surface area contributed by atoms with E-state index in [0.717, 1.165) is 44.0 Å². The van der Waals surface area contributed by atoms with Crippen LogP contribution in [0.25, 0.3) is 0 Å². The lowest BCUT2D eigenvalue weighted by Crippen LogP contribution is -2.49. The third-order valence-electron chi connectivity index (χ3n) is 7.82. The molecule has 1 aromatic carbocycles. The lowest BCUT2D eigenvalue weighted by Gasteiger charge is -2.46. The quantitative estimate of drug-likeness (QED) is 0.554. The number of allylic oxidation sites excluding steroid dienone is 2. The van der Waals surface area contributed by atoms with Crippen LogP contribution in [-0.2, 0) is 4.74 Å². The molecule has 9 nitrogen and oxygen atoms in total. The van der Waals surface area contributed by atoms with E-state index < -0.39 is 11.3 Å². The predicted octanol–water partition coefficient (Wildman–Crippen LogP) is 2.93. The topological polar surface area (TPSA) is 132 Å². The number of ether oxygens (including phenoxy) is 3. The van der Waals surface area contributed by atoms with Gasteiger partial charge in [0.1, 0.15) is 12.7 Å². The van der Waals surface area contributed by atoms with Gasteiger partial charge in [0.15, 0.2) is 16.9 Å². The lowest BCUT2D eigenvalue weighted by atomic mass is 9.58. The minimum absolute atomic E-state index is 0.0271. The second-order valence-electron chi connectivity index (χ2n) is 10.2. The molecule has 2 heterocycles. The van der Waals surface area contributed by atoms with Crippen LogP contribution in [0.15, 0.2) is 41.1 Å². The summed E-state index contributed by atoms with van der Waals surface area (Å²) in [5, 5.41) is 30.8. The zero-order valence-corrected chi connectivity index (χ0v) is 22.4. The van der Waals surface area contributed by atoms with E-state index in [4.69, 9.17) is 19.9 Å². The van der Waals surface area contributed by atoms with Crippen LogP contribution in [0.3, 0.4) is 0 Å². The van der Waals surface area contributed by atoms with E-state index in [9.17, 15) is 15.8 Å². The van der Waals surface area contributed by atoms with E-state index in [-0.39, 0.29) is 23.2 Å². The standard InChI is InChI=1S/C29H36N6O3/c1-4-37-26-15-21(5-6-25(26)38-14-11-34-9-12-36-13-10-34)27-24-17-35(20(2)3)8-7-22(24)23(16-30)28(33)29(27,18-31)19-32/h5-7,15,20,24,27H,4,8-14,17,33H2,1-3H3. The lowest BCUT2D eigenvalue weighted by molar-refractivity contribution is 0.0321. The van der Waals surface area contributed by atoms with Gasteiger partial charge in [-0.3, -0.25) is 9.80 Å². The summed E-state index contributed by atoms with van der Waals surface area (Å²) in [5.41, 5.74) is 6.65. The summed E-state index contributed by atoms with van der Waals surface area (Å²) >= 11 is 0. The maximum absolute atomic E-state index is 10.4. The molecule has 9 heteroatoms. The van der Waals surface area contributed by atoms with Gasteiger partial charge in [-0.05, 0) is 44.0 Å². The highest BCUT2D eigenvalue weighted by Crippen LogP contribution is 2.55. The number of rotatable bonds is 8. The number of nitrogens with two attached hydrogens (primary N) is 1. The molecule has 2 N–H and O–H groups in total. The van der Waals surface area contributed by atoms with Crippen LogP contribution in [0.2, 0.25) is 0 Å². The fraction of sp³-hybridized carbons (Fsp3) is 0.552. The monoisotopic (exact) mass is 516 g/mol. The van der Waals surface area contributed by atoms with Gasteiger partial charge in [-0.15, -0.1) is 0 Å². The first-order valence-corrected chi connectivity index (χ1v) is 13.3. The van der Waals surface area contributed by atoms with Gasteiger partial charge in [0.2, 0.25) is 0 Å². The summed E-state index contributed by atoms with van der Waals surface area (Å²) in [6, 6.07) is 12.5. The molecule has 0 spiro atoms. The Morgan fingerprint density at radius 3 is 2.50 bits per heavy atom. The van der Waals surface area contributed by atoms with Crippen molar-refractivity contribution in [2.75, 3.05) is 59.2 Å². The van der Waals surface area contributed by atoms with Crippen LogP contribution in [0, 0.1) is 45.3 Å². The third kappa shape index (κ3) is 5.08. The van der Waals surface area contributed by atoms with Crippen molar-refractivity contribution < 1.29 is 14.2 Å². The second kappa shape index (κ2) is 11.9. The molecule has 1 saturated heterocycles. The van der Waals surface area contributed by atoms with Crippen molar-refractivity contribution in [1.29, 1.82) is 15.8 Å². The number of nitrogens with zero attached hydrogens (tertiary/aromatic N) is 5. The van der Waals surface area contributed by atoms with Crippen LogP contribution >= 0.6 is 0 Å². The van der Waals surface area contributed by atoms with Crippen molar-refractivity contribution in [3.63, 3.8) is 0 Å². The smallest absolute Gasteiger partial charge is 0.191 e. The highest BCUT2D eigenvalue weighted by molar-refractivity contribution is 5.60. The maximum atomic E-state index is 10.4. The number of nitriles is 3.